The molecule has 2 aromatic carbocycles. The molecule has 0 fully saturated rings. The standard InChI is InChI=1S/C23H25N5OS/c1-3-27(4-2)14-15-28-20-13-9-8-12-18(20)21(22(28)29)25-26-23-24-19(16-30-23)17-10-6-5-7-11-17/h5-13,16,29H,3-4,14-15H2,1-2H3/p+1. The number of quaternary nitrogens is 1. The van der Waals surface area contributed by atoms with Crippen LogP contribution in [0, 0.1) is 0 Å². The van der Waals surface area contributed by atoms with Gasteiger partial charge < -0.3 is 14.6 Å². The molecule has 2 heterocycles. The largest absolute Gasteiger partial charge is 0.493 e. The summed E-state index contributed by atoms with van der Waals surface area (Å²) in [5.74, 6) is 0.159. The van der Waals surface area contributed by atoms with Gasteiger partial charge in [0.1, 0.15) is 0 Å². The van der Waals surface area contributed by atoms with Crippen LogP contribution in [0.25, 0.3) is 22.2 Å². The van der Waals surface area contributed by atoms with Gasteiger partial charge in [-0.05, 0) is 19.9 Å². The van der Waals surface area contributed by atoms with Crippen LogP contribution in [0.15, 0.2) is 70.2 Å². The number of azo groups is 1. The van der Waals surface area contributed by atoms with Crippen molar-refractivity contribution < 1.29 is 10.0 Å². The fraction of sp³-hybridized carbons (Fsp3) is 0.261. The molecule has 7 heteroatoms. The Labute approximate surface area is 180 Å². The molecule has 4 aromatic rings. The second-order valence-electron chi connectivity index (χ2n) is 7.13. The lowest BCUT2D eigenvalue weighted by Gasteiger charge is -2.16. The number of hydrogen-bond donors (Lipinski definition) is 2. The van der Waals surface area contributed by atoms with Crippen molar-refractivity contribution in [3.8, 4) is 17.1 Å². The third kappa shape index (κ3) is 4.13. The monoisotopic (exact) mass is 420 g/mol. The summed E-state index contributed by atoms with van der Waals surface area (Å²) in [6.07, 6.45) is 0. The van der Waals surface area contributed by atoms with Crippen molar-refractivity contribution in [1.29, 1.82) is 0 Å². The molecule has 0 radical (unpaired) electrons. The van der Waals surface area contributed by atoms with Gasteiger partial charge in [-0.2, -0.15) is 0 Å². The topological polar surface area (TPSA) is 67.2 Å². The first-order valence-corrected chi connectivity index (χ1v) is 11.2. The molecule has 0 saturated carbocycles. The van der Waals surface area contributed by atoms with Crippen molar-refractivity contribution in [2.75, 3.05) is 19.6 Å². The van der Waals surface area contributed by atoms with E-state index in [1.165, 1.54) is 16.2 Å². The summed E-state index contributed by atoms with van der Waals surface area (Å²) in [6.45, 7) is 8.18. The van der Waals surface area contributed by atoms with Crippen molar-refractivity contribution >= 4 is 33.1 Å². The molecule has 0 bridgehead atoms. The molecule has 2 N–H and O–H groups in total. The molecule has 2 aromatic heterocycles. The summed E-state index contributed by atoms with van der Waals surface area (Å²) in [7, 11) is 0. The number of benzene rings is 2. The maximum Gasteiger partial charge on any atom is 0.230 e. The minimum atomic E-state index is 0.159. The highest BCUT2D eigenvalue weighted by Gasteiger charge is 2.17. The number of fused-ring (bicyclic) bond motifs is 1. The van der Waals surface area contributed by atoms with Crippen LogP contribution in [-0.2, 0) is 6.54 Å². The molecular weight excluding hydrogens is 394 g/mol. The quantitative estimate of drug-likeness (QED) is 0.402. The maximum absolute atomic E-state index is 10.9. The van der Waals surface area contributed by atoms with E-state index in [1.807, 2.05) is 64.5 Å². The molecule has 154 valence electrons. The predicted molar refractivity (Wildman–Crippen MR) is 122 cm³/mol. The summed E-state index contributed by atoms with van der Waals surface area (Å²) in [5.41, 5.74) is 3.40. The van der Waals surface area contributed by atoms with Crippen LogP contribution in [0.3, 0.4) is 0 Å². The Bertz CT molecular complexity index is 1150. The van der Waals surface area contributed by atoms with Gasteiger partial charge in [0.25, 0.3) is 0 Å². The molecule has 0 saturated heterocycles. The van der Waals surface area contributed by atoms with E-state index in [-0.39, 0.29) is 5.88 Å². The lowest BCUT2D eigenvalue weighted by molar-refractivity contribution is -0.897. The van der Waals surface area contributed by atoms with Gasteiger partial charge in [0, 0.05) is 16.3 Å². The van der Waals surface area contributed by atoms with Gasteiger partial charge in [0.05, 0.1) is 37.4 Å². The predicted octanol–water partition coefficient (Wildman–Crippen LogP) is 4.81. The van der Waals surface area contributed by atoms with Crippen LogP contribution in [0.1, 0.15) is 13.8 Å². The molecule has 30 heavy (non-hydrogen) atoms. The van der Waals surface area contributed by atoms with Gasteiger partial charge >= 0.3 is 0 Å². The van der Waals surface area contributed by atoms with E-state index in [9.17, 15) is 5.11 Å². The van der Waals surface area contributed by atoms with E-state index >= 15 is 0 Å². The molecule has 0 spiro atoms. The zero-order valence-electron chi connectivity index (χ0n) is 17.2. The lowest BCUT2D eigenvalue weighted by Crippen LogP contribution is -3.11. The molecular formula is C23H26N5OS+. The third-order valence-electron chi connectivity index (χ3n) is 5.40. The smallest absolute Gasteiger partial charge is 0.230 e. The van der Waals surface area contributed by atoms with E-state index in [0.29, 0.717) is 10.8 Å². The third-order valence-corrected chi connectivity index (χ3v) is 6.13. The molecule has 0 aliphatic heterocycles. The van der Waals surface area contributed by atoms with Crippen LogP contribution in [0.2, 0.25) is 0 Å². The van der Waals surface area contributed by atoms with Crippen molar-refractivity contribution in [1.82, 2.24) is 9.55 Å². The van der Waals surface area contributed by atoms with Crippen molar-refractivity contribution in [2.24, 2.45) is 10.2 Å². The van der Waals surface area contributed by atoms with Crippen LogP contribution >= 0.6 is 11.3 Å². The average molecular weight is 421 g/mol. The van der Waals surface area contributed by atoms with Crippen LogP contribution in [-0.4, -0.2) is 34.3 Å². The highest BCUT2D eigenvalue weighted by Crippen LogP contribution is 2.39. The molecule has 0 aliphatic rings. The Morgan fingerprint density at radius 3 is 2.50 bits per heavy atom. The number of hydrogen-bond acceptors (Lipinski definition) is 5. The Hall–Kier alpha value is -3.03. The van der Waals surface area contributed by atoms with Crippen LogP contribution in [0.5, 0.6) is 5.88 Å². The lowest BCUT2D eigenvalue weighted by atomic mass is 10.2. The summed E-state index contributed by atoms with van der Waals surface area (Å²) in [5, 5.41) is 23.1. The number of aromatic hydroxyl groups is 1. The molecule has 0 amide bonds. The van der Waals surface area contributed by atoms with Gasteiger partial charge in [-0.25, -0.2) is 4.98 Å². The number of rotatable bonds is 8. The summed E-state index contributed by atoms with van der Waals surface area (Å²) < 4.78 is 1.94. The zero-order valence-corrected chi connectivity index (χ0v) is 18.1. The SMILES string of the molecule is CC[NH+](CC)CCn1c(O)c(N=Nc2nc(-c3ccccc3)cs2)c2ccccc21. The van der Waals surface area contributed by atoms with E-state index in [2.05, 4.69) is 29.1 Å². The molecule has 4 rings (SSSR count). The van der Waals surface area contributed by atoms with Crippen molar-refractivity contribution in [3.05, 3.63) is 60.0 Å². The first-order valence-electron chi connectivity index (χ1n) is 10.3. The molecule has 0 aliphatic carbocycles. The van der Waals surface area contributed by atoms with E-state index < -0.39 is 0 Å². The number of aromatic nitrogens is 2. The van der Waals surface area contributed by atoms with E-state index in [1.54, 1.807) is 0 Å². The minimum Gasteiger partial charge on any atom is -0.493 e. The van der Waals surface area contributed by atoms with Crippen molar-refractivity contribution in [2.45, 2.75) is 20.4 Å². The molecule has 0 unspecified atom stereocenters. The summed E-state index contributed by atoms with van der Waals surface area (Å²) in [4.78, 5) is 6.05. The van der Waals surface area contributed by atoms with E-state index in [4.69, 9.17) is 0 Å². The van der Waals surface area contributed by atoms with Gasteiger partial charge in [0.2, 0.25) is 11.0 Å². The number of thiazole rings is 1. The first kappa shape index (κ1) is 20.3. The van der Waals surface area contributed by atoms with E-state index in [0.717, 1.165) is 48.3 Å². The summed E-state index contributed by atoms with van der Waals surface area (Å²) >= 11 is 1.44. The second kappa shape index (κ2) is 9.19. The fourth-order valence-corrected chi connectivity index (χ4v) is 4.26. The fourth-order valence-electron chi connectivity index (χ4n) is 3.61. The van der Waals surface area contributed by atoms with Gasteiger partial charge in [-0.3, -0.25) is 0 Å². The highest BCUT2D eigenvalue weighted by molar-refractivity contribution is 7.13. The van der Waals surface area contributed by atoms with Gasteiger partial charge in [0.15, 0.2) is 5.69 Å². The van der Waals surface area contributed by atoms with Crippen molar-refractivity contribution in [3.63, 3.8) is 0 Å². The molecule has 0 atom stereocenters. The van der Waals surface area contributed by atoms with Crippen LogP contribution in [0.4, 0.5) is 10.8 Å². The first-order chi connectivity index (χ1) is 14.7. The zero-order chi connectivity index (χ0) is 20.9. The highest BCUT2D eigenvalue weighted by atomic mass is 32.1. The average Bonchev–Trinajstić information content (AvgIpc) is 3.36. The number of likely N-dealkylation sites (N-methyl/N-ethyl adjacent to an activating group) is 1. The number of nitrogens with one attached hydrogen (secondary N) is 1. The Morgan fingerprint density at radius 2 is 1.73 bits per heavy atom. The Balaban J connectivity index is 1.63. The number of nitrogens with zero attached hydrogens (tertiary/aromatic N) is 4. The minimum absolute atomic E-state index is 0.159. The maximum atomic E-state index is 10.9. The number of para-hydroxylation sites is 1. The summed E-state index contributed by atoms with van der Waals surface area (Å²) in [6, 6.07) is 17.9. The Morgan fingerprint density at radius 1 is 1.00 bits per heavy atom. The van der Waals surface area contributed by atoms with Gasteiger partial charge in [-0.15, -0.1) is 21.6 Å². The Kier molecular flexibility index (Phi) is 6.21. The van der Waals surface area contributed by atoms with Gasteiger partial charge in [-0.1, -0.05) is 48.5 Å². The van der Waals surface area contributed by atoms with Crippen LogP contribution < -0.4 is 4.90 Å². The molecule has 6 nitrogen and oxygen atoms in total. The second-order valence-corrected chi connectivity index (χ2v) is 7.97. The normalized spacial score (nSPS) is 11.8.